The minimum absolute atomic E-state index is 0.0592. The van der Waals surface area contributed by atoms with Gasteiger partial charge in [-0.05, 0) is 38.1 Å². The highest BCUT2D eigenvalue weighted by Gasteiger charge is 2.27. The first kappa shape index (κ1) is 20.4. The van der Waals surface area contributed by atoms with Gasteiger partial charge >= 0.3 is 0 Å². The molecule has 0 bridgehead atoms. The van der Waals surface area contributed by atoms with E-state index in [9.17, 15) is 18.0 Å². The maximum absolute atomic E-state index is 13.6. The summed E-state index contributed by atoms with van der Waals surface area (Å²) in [6, 6.07) is 17.0. The van der Waals surface area contributed by atoms with Crippen LogP contribution in [-0.4, -0.2) is 20.1 Å². The molecule has 8 heteroatoms. The summed E-state index contributed by atoms with van der Waals surface area (Å²) < 4.78 is 35.9. The van der Waals surface area contributed by atoms with Crippen molar-refractivity contribution in [2.75, 3.05) is 10.0 Å². The molecule has 34 heavy (non-hydrogen) atoms. The lowest BCUT2D eigenvalue weighted by molar-refractivity contribution is 0.101. The van der Waals surface area contributed by atoms with E-state index in [0.717, 1.165) is 0 Å². The summed E-state index contributed by atoms with van der Waals surface area (Å²) in [5.74, 6) is 0.0639. The largest absolute Gasteiger partial charge is 0.460 e. The average Bonchev–Trinajstić information content (AvgIpc) is 3.31. The number of ketones is 1. The fraction of sp³-hybridized carbons (Fsp3) is 0.0769. The van der Waals surface area contributed by atoms with Gasteiger partial charge in [0.1, 0.15) is 11.3 Å². The molecule has 0 radical (unpaired) electrons. The van der Waals surface area contributed by atoms with Crippen molar-refractivity contribution in [3.63, 3.8) is 0 Å². The molecule has 2 N–H and O–H groups in total. The molecule has 168 valence electrons. The molecule has 1 aliphatic rings. The number of rotatable bonds is 4. The molecule has 6 rings (SSSR count). The van der Waals surface area contributed by atoms with Crippen molar-refractivity contribution >= 4 is 65.6 Å². The van der Waals surface area contributed by atoms with Crippen LogP contribution < -0.4 is 10.0 Å². The molecule has 0 saturated heterocycles. The van der Waals surface area contributed by atoms with Gasteiger partial charge in [-0.1, -0.05) is 36.4 Å². The molecule has 0 atom stereocenters. The van der Waals surface area contributed by atoms with Crippen LogP contribution in [0.2, 0.25) is 0 Å². The Bertz CT molecular complexity index is 1830. The van der Waals surface area contributed by atoms with Crippen LogP contribution in [0.15, 0.2) is 70.0 Å². The lowest BCUT2D eigenvalue weighted by Gasteiger charge is -2.14. The average molecular weight is 471 g/mol. The molecule has 1 aliphatic heterocycles. The first-order valence-electron chi connectivity index (χ1n) is 10.6. The second-order valence-electron chi connectivity index (χ2n) is 8.33. The molecule has 0 saturated carbocycles. The van der Waals surface area contributed by atoms with Gasteiger partial charge in [-0.3, -0.25) is 14.3 Å². The zero-order chi connectivity index (χ0) is 23.8. The van der Waals surface area contributed by atoms with Gasteiger partial charge in [0.05, 0.1) is 16.1 Å². The quantitative estimate of drug-likeness (QED) is 0.332. The number of fused-ring (bicyclic) bond motifs is 3. The van der Waals surface area contributed by atoms with Crippen LogP contribution in [0.25, 0.3) is 32.5 Å². The van der Waals surface area contributed by atoms with E-state index in [2.05, 4.69) is 10.0 Å². The van der Waals surface area contributed by atoms with Crippen LogP contribution in [0.5, 0.6) is 0 Å². The van der Waals surface area contributed by atoms with E-state index in [-0.39, 0.29) is 16.6 Å². The highest BCUT2D eigenvalue weighted by atomic mass is 32.2. The highest BCUT2D eigenvalue weighted by Crippen LogP contribution is 2.40. The van der Waals surface area contributed by atoms with Gasteiger partial charge in [0.15, 0.2) is 5.78 Å². The van der Waals surface area contributed by atoms with E-state index in [1.165, 1.54) is 13.0 Å². The summed E-state index contributed by atoms with van der Waals surface area (Å²) in [7, 11) is -4.05. The third-order valence-electron chi connectivity index (χ3n) is 6.25. The minimum Gasteiger partial charge on any atom is -0.460 e. The lowest BCUT2D eigenvalue weighted by Crippen LogP contribution is -2.14. The van der Waals surface area contributed by atoms with Crippen LogP contribution in [0.1, 0.15) is 33.4 Å². The van der Waals surface area contributed by atoms with Crippen molar-refractivity contribution in [1.82, 2.24) is 0 Å². The Kier molecular flexibility index (Phi) is 4.16. The van der Waals surface area contributed by atoms with Gasteiger partial charge in [-0.25, -0.2) is 8.42 Å². The molecule has 1 aromatic heterocycles. The SMILES string of the molecule is CC(=O)c1c(C)oc2c1cc(NS(=O)(=O)c1ccc3c4c(cccc14)C(=O)N3)c1ccccc12. The number of benzene rings is 4. The van der Waals surface area contributed by atoms with Crippen LogP contribution in [0.3, 0.4) is 0 Å². The number of Topliss-reactive ketones (excluding diaryl/α,β-unsaturated/α-hetero) is 1. The summed E-state index contributed by atoms with van der Waals surface area (Å²) in [5.41, 5.74) is 2.33. The second-order valence-corrected chi connectivity index (χ2v) is 9.99. The Morgan fingerprint density at radius 3 is 2.44 bits per heavy atom. The Balaban J connectivity index is 1.58. The van der Waals surface area contributed by atoms with Gasteiger partial charge < -0.3 is 9.73 Å². The minimum atomic E-state index is -4.05. The van der Waals surface area contributed by atoms with Crippen LogP contribution in [0.4, 0.5) is 11.4 Å². The number of anilines is 2. The summed E-state index contributed by atoms with van der Waals surface area (Å²) in [6.07, 6.45) is 0. The summed E-state index contributed by atoms with van der Waals surface area (Å²) >= 11 is 0. The number of amides is 1. The maximum Gasteiger partial charge on any atom is 0.262 e. The molecule has 0 unspecified atom stereocenters. The molecule has 0 fully saturated rings. The zero-order valence-electron chi connectivity index (χ0n) is 18.2. The molecule has 2 heterocycles. The first-order valence-corrected chi connectivity index (χ1v) is 12.1. The van der Waals surface area contributed by atoms with Crippen molar-refractivity contribution in [1.29, 1.82) is 0 Å². The van der Waals surface area contributed by atoms with Gasteiger partial charge in [-0.2, -0.15) is 0 Å². The van der Waals surface area contributed by atoms with Gasteiger partial charge in [0.25, 0.3) is 15.9 Å². The molecule has 1 amide bonds. The Morgan fingerprint density at radius 1 is 0.941 bits per heavy atom. The number of furan rings is 1. The number of hydrogen-bond acceptors (Lipinski definition) is 5. The van der Waals surface area contributed by atoms with E-state index in [1.807, 2.05) is 18.2 Å². The fourth-order valence-corrected chi connectivity index (χ4v) is 6.13. The number of carbonyl (C=O) groups excluding carboxylic acids is 2. The predicted octanol–water partition coefficient (Wildman–Crippen LogP) is 5.62. The molecule has 5 aromatic rings. The number of hydrogen-bond donors (Lipinski definition) is 2. The van der Waals surface area contributed by atoms with E-state index in [0.29, 0.717) is 60.8 Å². The predicted molar refractivity (Wildman–Crippen MR) is 131 cm³/mol. The summed E-state index contributed by atoms with van der Waals surface area (Å²) in [4.78, 5) is 24.6. The normalized spacial score (nSPS) is 13.1. The van der Waals surface area contributed by atoms with E-state index in [1.54, 1.807) is 43.3 Å². The van der Waals surface area contributed by atoms with E-state index in [4.69, 9.17) is 4.42 Å². The Hall–Kier alpha value is -4.17. The molecular formula is C26H18N2O5S. The third kappa shape index (κ3) is 2.78. The number of aryl methyl sites for hydroxylation is 1. The van der Waals surface area contributed by atoms with Crippen molar-refractivity contribution in [3.05, 3.63) is 77.6 Å². The molecule has 0 aliphatic carbocycles. The number of carbonyl (C=O) groups is 2. The lowest BCUT2D eigenvalue weighted by atomic mass is 10.0. The van der Waals surface area contributed by atoms with Crippen LogP contribution in [0, 0.1) is 6.92 Å². The van der Waals surface area contributed by atoms with Crippen molar-refractivity contribution < 1.29 is 22.4 Å². The highest BCUT2D eigenvalue weighted by molar-refractivity contribution is 7.93. The topological polar surface area (TPSA) is 105 Å². The molecule has 7 nitrogen and oxygen atoms in total. The fourth-order valence-electron chi connectivity index (χ4n) is 4.86. The van der Waals surface area contributed by atoms with Crippen LogP contribution in [-0.2, 0) is 10.0 Å². The van der Waals surface area contributed by atoms with Gasteiger partial charge in [-0.15, -0.1) is 0 Å². The van der Waals surface area contributed by atoms with Gasteiger partial charge in [0.2, 0.25) is 0 Å². The van der Waals surface area contributed by atoms with Crippen LogP contribution >= 0.6 is 0 Å². The number of nitrogens with one attached hydrogen (secondary N) is 2. The standard InChI is InChI=1S/C26H18N2O5S/c1-13(29)23-14(2)33-25-16-7-4-3-6-15(16)21(12-19(23)25)28-34(31,32)22-11-10-20-24-17(22)8-5-9-18(24)26(30)27-20/h3-12,28H,1-2H3,(H,27,30). The maximum atomic E-state index is 13.6. The molecule has 4 aromatic carbocycles. The number of sulfonamides is 1. The molecular weight excluding hydrogens is 452 g/mol. The summed E-state index contributed by atoms with van der Waals surface area (Å²) in [5, 5.41) is 5.70. The summed E-state index contributed by atoms with van der Waals surface area (Å²) in [6.45, 7) is 3.18. The zero-order valence-corrected chi connectivity index (χ0v) is 19.0. The Labute approximate surface area is 194 Å². The third-order valence-corrected chi connectivity index (χ3v) is 7.67. The Morgan fingerprint density at radius 2 is 1.68 bits per heavy atom. The first-order chi connectivity index (χ1) is 16.3. The van der Waals surface area contributed by atoms with Crippen molar-refractivity contribution in [2.24, 2.45) is 0 Å². The van der Waals surface area contributed by atoms with Crippen molar-refractivity contribution in [3.8, 4) is 0 Å². The van der Waals surface area contributed by atoms with E-state index >= 15 is 0 Å². The van der Waals surface area contributed by atoms with Crippen molar-refractivity contribution in [2.45, 2.75) is 18.7 Å². The second kappa shape index (κ2) is 6.91. The smallest absolute Gasteiger partial charge is 0.262 e. The monoisotopic (exact) mass is 470 g/mol. The van der Waals surface area contributed by atoms with Gasteiger partial charge in [0, 0.05) is 38.2 Å². The molecule has 0 spiro atoms. The van der Waals surface area contributed by atoms with E-state index < -0.39 is 10.0 Å².